The molecule has 0 saturated heterocycles. The second-order valence-electron chi connectivity index (χ2n) is 5.77. The Morgan fingerprint density at radius 3 is 2.76 bits per heavy atom. The molecule has 0 saturated carbocycles. The molecule has 1 N–H and O–H groups in total. The van der Waals surface area contributed by atoms with Gasteiger partial charge in [-0.3, -0.25) is 4.79 Å². The number of hydrogen-bond donors (Lipinski definition) is 1. The summed E-state index contributed by atoms with van der Waals surface area (Å²) in [6, 6.07) is 17.6. The zero-order chi connectivity index (χ0) is 17.6. The number of carbonyl (C=O) groups excluding carboxylic acids is 1. The molecular formula is C20H17N3OS. The number of carbonyl (C=O) groups is 1. The third kappa shape index (κ3) is 4.52. The van der Waals surface area contributed by atoms with E-state index in [1.54, 1.807) is 11.3 Å². The van der Waals surface area contributed by atoms with Crippen LogP contribution in [-0.4, -0.2) is 10.9 Å². The number of nitrogens with zero attached hydrogens (tertiary/aromatic N) is 2. The lowest BCUT2D eigenvalue weighted by molar-refractivity contribution is -0.115. The fourth-order valence-corrected chi connectivity index (χ4v) is 3.28. The third-order valence-electron chi connectivity index (χ3n) is 3.68. The summed E-state index contributed by atoms with van der Waals surface area (Å²) in [5.74, 6) is -0.103. The van der Waals surface area contributed by atoms with Gasteiger partial charge in [-0.15, -0.1) is 11.3 Å². The van der Waals surface area contributed by atoms with Crippen LogP contribution in [-0.2, 0) is 17.6 Å². The Morgan fingerprint density at radius 2 is 2.04 bits per heavy atom. The van der Waals surface area contributed by atoms with Gasteiger partial charge in [0.15, 0.2) is 0 Å². The largest absolute Gasteiger partial charge is 0.326 e. The molecule has 124 valence electrons. The van der Waals surface area contributed by atoms with Crippen molar-refractivity contribution in [2.75, 3.05) is 5.32 Å². The molecular weight excluding hydrogens is 330 g/mol. The molecule has 0 aliphatic heterocycles. The number of nitrogens with one attached hydrogen (secondary N) is 1. The molecule has 3 aromatic rings. The van der Waals surface area contributed by atoms with Crippen molar-refractivity contribution in [1.29, 1.82) is 5.26 Å². The van der Waals surface area contributed by atoms with Gasteiger partial charge in [-0.1, -0.05) is 35.9 Å². The topological polar surface area (TPSA) is 65.8 Å². The standard InChI is InChI=1S/C20H17N3OS/c1-14-3-2-4-16(11-14)20-23-18(13-25-20)12-19(24)22-17-7-5-15(6-8-17)9-10-21/h2-8,11,13H,9,12H2,1H3,(H,22,24). The minimum Gasteiger partial charge on any atom is -0.326 e. The van der Waals surface area contributed by atoms with Crippen molar-refractivity contribution in [3.8, 4) is 16.6 Å². The number of anilines is 1. The number of amides is 1. The average Bonchev–Trinajstić information content (AvgIpc) is 3.05. The normalized spacial score (nSPS) is 10.2. The first-order valence-electron chi connectivity index (χ1n) is 7.91. The summed E-state index contributed by atoms with van der Waals surface area (Å²) >= 11 is 1.55. The molecule has 2 aromatic carbocycles. The van der Waals surface area contributed by atoms with Crippen molar-refractivity contribution < 1.29 is 4.79 Å². The molecule has 4 nitrogen and oxygen atoms in total. The molecule has 1 aromatic heterocycles. The second-order valence-corrected chi connectivity index (χ2v) is 6.63. The van der Waals surface area contributed by atoms with Crippen LogP contribution in [0.2, 0.25) is 0 Å². The summed E-state index contributed by atoms with van der Waals surface area (Å²) < 4.78 is 0. The van der Waals surface area contributed by atoms with Crippen LogP contribution in [0.25, 0.3) is 10.6 Å². The second kappa shape index (κ2) is 7.73. The van der Waals surface area contributed by atoms with Crippen molar-refractivity contribution in [3.63, 3.8) is 0 Å². The third-order valence-corrected chi connectivity index (χ3v) is 4.62. The Bertz CT molecular complexity index is 923. The average molecular weight is 347 g/mol. The molecule has 0 fully saturated rings. The van der Waals surface area contributed by atoms with E-state index >= 15 is 0 Å². The molecule has 25 heavy (non-hydrogen) atoms. The van der Waals surface area contributed by atoms with Crippen LogP contribution in [0.5, 0.6) is 0 Å². The van der Waals surface area contributed by atoms with E-state index in [0.29, 0.717) is 6.42 Å². The van der Waals surface area contributed by atoms with E-state index < -0.39 is 0 Å². The number of rotatable bonds is 5. The number of nitriles is 1. The van der Waals surface area contributed by atoms with Crippen LogP contribution in [0.15, 0.2) is 53.9 Å². The van der Waals surface area contributed by atoms with Crippen molar-refractivity contribution in [2.24, 2.45) is 0 Å². The van der Waals surface area contributed by atoms with E-state index in [4.69, 9.17) is 5.26 Å². The minimum atomic E-state index is -0.103. The van der Waals surface area contributed by atoms with Gasteiger partial charge in [-0.05, 0) is 30.7 Å². The van der Waals surface area contributed by atoms with Gasteiger partial charge >= 0.3 is 0 Å². The highest BCUT2D eigenvalue weighted by molar-refractivity contribution is 7.13. The van der Waals surface area contributed by atoms with Gasteiger partial charge in [-0.2, -0.15) is 5.26 Å². The molecule has 1 heterocycles. The Kier molecular flexibility index (Phi) is 5.22. The van der Waals surface area contributed by atoms with Gasteiger partial charge in [0.2, 0.25) is 5.91 Å². The van der Waals surface area contributed by atoms with Gasteiger partial charge < -0.3 is 5.32 Å². The molecule has 1 amide bonds. The lowest BCUT2D eigenvalue weighted by atomic mass is 10.1. The summed E-state index contributed by atoms with van der Waals surface area (Å²) in [6.45, 7) is 2.05. The first-order chi connectivity index (χ1) is 12.1. The predicted molar refractivity (Wildman–Crippen MR) is 100 cm³/mol. The number of aromatic nitrogens is 1. The quantitative estimate of drug-likeness (QED) is 0.745. The number of aryl methyl sites for hydroxylation is 1. The van der Waals surface area contributed by atoms with Gasteiger partial charge in [0.25, 0.3) is 0 Å². The molecule has 0 bridgehead atoms. The number of hydrogen-bond acceptors (Lipinski definition) is 4. The monoisotopic (exact) mass is 347 g/mol. The molecule has 0 spiro atoms. The van der Waals surface area contributed by atoms with Crippen LogP contribution in [0.1, 0.15) is 16.8 Å². The first-order valence-corrected chi connectivity index (χ1v) is 8.79. The predicted octanol–water partition coefficient (Wildman–Crippen LogP) is 4.37. The maximum atomic E-state index is 12.2. The molecule has 0 unspecified atom stereocenters. The minimum absolute atomic E-state index is 0.103. The first kappa shape index (κ1) is 16.9. The molecule has 0 aliphatic carbocycles. The highest BCUT2D eigenvalue weighted by atomic mass is 32.1. The Labute approximate surface area is 150 Å². The zero-order valence-corrected chi connectivity index (χ0v) is 14.6. The van der Waals surface area contributed by atoms with Crippen molar-refractivity contribution in [1.82, 2.24) is 4.98 Å². The van der Waals surface area contributed by atoms with Crippen LogP contribution in [0.3, 0.4) is 0 Å². The highest BCUT2D eigenvalue weighted by Crippen LogP contribution is 2.24. The summed E-state index contributed by atoms with van der Waals surface area (Å²) in [7, 11) is 0. The van der Waals surface area contributed by atoms with E-state index in [2.05, 4.69) is 22.4 Å². The van der Waals surface area contributed by atoms with E-state index in [0.717, 1.165) is 27.5 Å². The van der Waals surface area contributed by atoms with Crippen molar-refractivity contribution in [3.05, 3.63) is 70.7 Å². The van der Waals surface area contributed by atoms with E-state index in [-0.39, 0.29) is 12.3 Å². The fourth-order valence-electron chi connectivity index (χ4n) is 2.47. The SMILES string of the molecule is Cc1cccc(-c2nc(CC(=O)Nc3ccc(CC#N)cc3)cs2)c1. The van der Waals surface area contributed by atoms with Gasteiger partial charge in [0.1, 0.15) is 5.01 Å². The van der Waals surface area contributed by atoms with Crippen LogP contribution >= 0.6 is 11.3 Å². The molecule has 5 heteroatoms. The molecule has 0 radical (unpaired) electrons. The van der Waals surface area contributed by atoms with Gasteiger partial charge in [0, 0.05) is 16.6 Å². The lowest BCUT2D eigenvalue weighted by Crippen LogP contribution is -2.14. The van der Waals surface area contributed by atoms with Crippen LogP contribution in [0, 0.1) is 18.3 Å². The van der Waals surface area contributed by atoms with Crippen LogP contribution in [0.4, 0.5) is 5.69 Å². The molecule has 0 atom stereocenters. The maximum Gasteiger partial charge on any atom is 0.230 e. The lowest BCUT2D eigenvalue weighted by Gasteiger charge is -2.04. The Morgan fingerprint density at radius 1 is 1.24 bits per heavy atom. The molecule has 3 rings (SSSR count). The van der Waals surface area contributed by atoms with Crippen molar-refractivity contribution >= 4 is 22.9 Å². The zero-order valence-electron chi connectivity index (χ0n) is 13.8. The summed E-state index contributed by atoms with van der Waals surface area (Å²) in [5.41, 5.74) is 4.68. The maximum absolute atomic E-state index is 12.2. The highest BCUT2D eigenvalue weighted by Gasteiger charge is 2.09. The van der Waals surface area contributed by atoms with E-state index in [1.807, 2.05) is 54.8 Å². The molecule has 0 aliphatic rings. The number of benzene rings is 2. The summed E-state index contributed by atoms with van der Waals surface area (Å²) in [6.07, 6.45) is 0.608. The van der Waals surface area contributed by atoms with Gasteiger partial charge in [-0.25, -0.2) is 4.98 Å². The van der Waals surface area contributed by atoms with Gasteiger partial charge in [0.05, 0.1) is 24.6 Å². The Balaban J connectivity index is 1.63. The number of thiazole rings is 1. The van der Waals surface area contributed by atoms with E-state index in [1.165, 1.54) is 5.56 Å². The fraction of sp³-hybridized carbons (Fsp3) is 0.150. The summed E-state index contributed by atoms with van der Waals surface area (Å²) in [5, 5.41) is 14.4. The summed E-state index contributed by atoms with van der Waals surface area (Å²) in [4.78, 5) is 16.8. The van der Waals surface area contributed by atoms with Crippen molar-refractivity contribution in [2.45, 2.75) is 19.8 Å². The van der Waals surface area contributed by atoms with E-state index in [9.17, 15) is 4.79 Å². The smallest absolute Gasteiger partial charge is 0.230 e. The van der Waals surface area contributed by atoms with Crippen LogP contribution < -0.4 is 5.32 Å². The Hall–Kier alpha value is -2.97.